The fourth-order valence-electron chi connectivity index (χ4n) is 1.17. The molecule has 0 heterocycles. The number of guanidine groups is 1. The zero-order valence-electron chi connectivity index (χ0n) is 9.28. The maximum atomic E-state index is 11.9. The molecule has 4 nitrogen and oxygen atoms in total. The summed E-state index contributed by atoms with van der Waals surface area (Å²) in [5.41, 5.74) is 11.1. The third-order valence-corrected chi connectivity index (χ3v) is 1.85. The van der Waals surface area contributed by atoms with Gasteiger partial charge >= 0.3 is 6.36 Å². The lowest BCUT2D eigenvalue weighted by Crippen LogP contribution is -2.23. The first-order chi connectivity index (χ1) is 7.87. The molecule has 0 unspecified atom stereocenters. The van der Waals surface area contributed by atoms with Crippen LogP contribution in [-0.4, -0.2) is 18.9 Å². The summed E-state index contributed by atoms with van der Waals surface area (Å²) in [4.78, 5) is 3.76. The minimum absolute atomic E-state index is 0. The summed E-state index contributed by atoms with van der Waals surface area (Å²) in [7, 11) is 0. The first-order valence-corrected chi connectivity index (χ1v) is 4.77. The van der Waals surface area contributed by atoms with E-state index in [4.69, 9.17) is 11.5 Å². The van der Waals surface area contributed by atoms with E-state index in [1.54, 1.807) is 0 Å². The lowest BCUT2D eigenvalue weighted by Gasteiger charge is -2.08. The molecule has 18 heavy (non-hydrogen) atoms. The molecule has 0 amide bonds. The molecule has 102 valence electrons. The van der Waals surface area contributed by atoms with Gasteiger partial charge in [-0.3, -0.25) is 4.99 Å². The van der Waals surface area contributed by atoms with Crippen molar-refractivity contribution in [2.45, 2.75) is 12.8 Å². The summed E-state index contributed by atoms with van der Waals surface area (Å²) in [6.45, 7) is 0.391. The Morgan fingerprint density at radius 3 is 2.17 bits per heavy atom. The molecule has 8 heteroatoms. The molecule has 1 rings (SSSR count). The van der Waals surface area contributed by atoms with Crippen LogP contribution in [0, 0.1) is 0 Å². The van der Waals surface area contributed by atoms with Crippen LogP contribution in [0.2, 0.25) is 0 Å². The van der Waals surface area contributed by atoms with Crippen LogP contribution in [0.4, 0.5) is 13.2 Å². The highest BCUT2D eigenvalue weighted by Gasteiger charge is 2.30. The molecule has 1 aromatic rings. The van der Waals surface area contributed by atoms with Crippen LogP contribution in [0.15, 0.2) is 29.3 Å². The number of rotatable bonds is 4. The molecule has 0 aliphatic carbocycles. The molecular formula is C10H13F3IN3O. The van der Waals surface area contributed by atoms with Crippen molar-refractivity contribution in [2.75, 3.05) is 6.54 Å². The molecule has 0 fully saturated rings. The van der Waals surface area contributed by atoms with Crippen molar-refractivity contribution in [3.05, 3.63) is 29.8 Å². The lowest BCUT2D eigenvalue weighted by atomic mass is 10.1. The summed E-state index contributed by atoms with van der Waals surface area (Å²) in [6.07, 6.45) is -4.12. The van der Waals surface area contributed by atoms with Crippen molar-refractivity contribution in [1.29, 1.82) is 0 Å². The van der Waals surface area contributed by atoms with E-state index in [1.165, 1.54) is 24.3 Å². The van der Waals surface area contributed by atoms with Gasteiger partial charge in [0.25, 0.3) is 0 Å². The number of ether oxygens (including phenoxy) is 1. The number of hydrogen-bond acceptors (Lipinski definition) is 2. The van der Waals surface area contributed by atoms with Crippen molar-refractivity contribution in [3.8, 4) is 5.75 Å². The van der Waals surface area contributed by atoms with Crippen molar-refractivity contribution in [3.63, 3.8) is 0 Å². The Morgan fingerprint density at radius 1 is 1.17 bits per heavy atom. The highest BCUT2D eigenvalue weighted by Crippen LogP contribution is 2.22. The third kappa shape index (κ3) is 7.20. The van der Waals surface area contributed by atoms with E-state index in [-0.39, 0.29) is 35.7 Å². The number of benzene rings is 1. The molecule has 0 aliphatic rings. The van der Waals surface area contributed by atoms with Gasteiger partial charge in [0.05, 0.1) is 0 Å². The predicted molar refractivity (Wildman–Crippen MR) is 72.9 cm³/mol. The van der Waals surface area contributed by atoms with Crippen LogP contribution in [0.5, 0.6) is 5.75 Å². The van der Waals surface area contributed by atoms with Crippen LogP contribution in [-0.2, 0) is 6.42 Å². The summed E-state index contributed by atoms with van der Waals surface area (Å²) in [5.74, 6) is -0.259. The summed E-state index contributed by atoms with van der Waals surface area (Å²) in [6, 6.07) is 5.56. The predicted octanol–water partition coefficient (Wildman–Crippen LogP) is 2.02. The molecule has 1 aromatic carbocycles. The highest BCUT2D eigenvalue weighted by molar-refractivity contribution is 14.0. The van der Waals surface area contributed by atoms with Crippen molar-refractivity contribution in [1.82, 2.24) is 0 Å². The fraction of sp³-hybridized carbons (Fsp3) is 0.300. The average Bonchev–Trinajstić information content (AvgIpc) is 2.18. The standard InChI is InChI=1S/C10H12F3N3O.HI/c11-10(12,13)17-8-3-1-7(2-4-8)5-6-16-9(14)15;/h1-4H,5-6H2,(H4,14,15,16);1H. The highest BCUT2D eigenvalue weighted by atomic mass is 127. The van der Waals surface area contributed by atoms with Gasteiger partial charge in [0.2, 0.25) is 0 Å². The smallest absolute Gasteiger partial charge is 0.406 e. The van der Waals surface area contributed by atoms with Crippen LogP contribution in [0.3, 0.4) is 0 Å². The van der Waals surface area contributed by atoms with Crippen LogP contribution in [0.25, 0.3) is 0 Å². The molecule has 0 saturated carbocycles. The number of aliphatic imine (C=N–C) groups is 1. The minimum Gasteiger partial charge on any atom is -0.406 e. The van der Waals surface area contributed by atoms with Gasteiger partial charge in [-0.15, -0.1) is 37.1 Å². The van der Waals surface area contributed by atoms with E-state index in [2.05, 4.69) is 9.73 Å². The monoisotopic (exact) mass is 375 g/mol. The topological polar surface area (TPSA) is 73.6 Å². The van der Waals surface area contributed by atoms with E-state index in [1.807, 2.05) is 0 Å². The second kappa shape index (κ2) is 7.29. The third-order valence-electron chi connectivity index (χ3n) is 1.85. The van der Waals surface area contributed by atoms with Gasteiger partial charge in [0.1, 0.15) is 5.75 Å². The molecular weight excluding hydrogens is 362 g/mol. The Balaban J connectivity index is 0.00000289. The van der Waals surface area contributed by atoms with Crippen LogP contribution in [0.1, 0.15) is 5.56 Å². The lowest BCUT2D eigenvalue weighted by molar-refractivity contribution is -0.274. The van der Waals surface area contributed by atoms with Crippen molar-refractivity contribution >= 4 is 29.9 Å². The number of hydrogen-bond donors (Lipinski definition) is 2. The Morgan fingerprint density at radius 2 is 1.72 bits per heavy atom. The first-order valence-electron chi connectivity index (χ1n) is 4.77. The Kier molecular flexibility index (Phi) is 6.81. The maximum Gasteiger partial charge on any atom is 0.573 e. The normalized spacial score (nSPS) is 10.4. The van der Waals surface area contributed by atoms with Gasteiger partial charge in [-0.25, -0.2) is 0 Å². The molecule has 4 N–H and O–H groups in total. The molecule has 0 spiro atoms. The Labute approximate surface area is 119 Å². The average molecular weight is 375 g/mol. The second-order valence-electron chi connectivity index (χ2n) is 3.25. The molecule has 0 atom stereocenters. The summed E-state index contributed by atoms with van der Waals surface area (Å²) in [5, 5.41) is 0. The zero-order chi connectivity index (χ0) is 12.9. The molecule has 0 bridgehead atoms. The van der Waals surface area contributed by atoms with Crippen LogP contribution < -0.4 is 16.2 Å². The van der Waals surface area contributed by atoms with Crippen LogP contribution >= 0.6 is 24.0 Å². The fourth-order valence-corrected chi connectivity index (χ4v) is 1.17. The summed E-state index contributed by atoms with van der Waals surface area (Å²) < 4.78 is 39.3. The molecule has 0 aromatic heterocycles. The Bertz CT molecular complexity index is 388. The van der Waals surface area contributed by atoms with Gasteiger partial charge in [-0.1, -0.05) is 12.1 Å². The molecule has 0 radical (unpaired) electrons. The SMILES string of the molecule is I.NC(N)=NCCc1ccc(OC(F)(F)F)cc1. The van der Waals surface area contributed by atoms with E-state index >= 15 is 0 Å². The van der Waals surface area contributed by atoms with Gasteiger partial charge < -0.3 is 16.2 Å². The van der Waals surface area contributed by atoms with E-state index in [0.29, 0.717) is 13.0 Å². The summed E-state index contributed by atoms with van der Waals surface area (Å²) >= 11 is 0. The van der Waals surface area contributed by atoms with Gasteiger partial charge in [0, 0.05) is 6.54 Å². The van der Waals surface area contributed by atoms with Gasteiger partial charge in [0.15, 0.2) is 5.96 Å². The first kappa shape index (κ1) is 16.8. The number of halogens is 4. The number of nitrogens with zero attached hydrogens (tertiary/aromatic N) is 1. The van der Waals surface area contributed by atoms with Gasteiger partial charge in [-0.2, -0.15) is 0 Å². The zero-order valence-corrected chi connectivity index (χ0v) is 11.6. The molecule has 0 aliphatic heterocycles. The van der Waals surface area contributed by atoms with Crippen molar-refractivity contribution in [2.24, 2.45) is 16.5 Å². The van der Waals surface area contributed by atoms with E-state index in [9.17, 15) is 13.2 Å². The van der Waals surface area contributed by atoms with E-state index < -0.39 is 6.36 Å². The Hall–Kier alpha value is -1.19. The maximum absolute atomic E-state index is 11.9. The molecule has 0 saturated heterocycles. The number of alkyl halides is 3. The van der Waals surface area contributed by atoms with Gasteiger partial charge in [-0.05, 0) is 24.1 Å². The van der Waals surface area contributed by atoms with Crippen molar-refractivity contribution < 1.29 is 17.9 Å². The number of nitrogens with two attached hydrogens (primary N) is 2. The largest absolute Gasteiger partial charge is 0.573 e. The second-order valence-corrected chi connectivity index (χ2v) is 3.25. The van der Waals surface area contributed by atoms with E-state index in [0.717, 1.165) is 5.56 Å². The quantitative estimate of drug-likeness (QED) is 0.481. The minimum atomic E-state index is -4.67.